The number of hydrogen-bond acceptors (Lipinski definition) is 2. The molecule has 2 heteroatoms. The third-order valence-electron chi connectivity index (χ3n) is 5.69. The van der Waals surface area contributed by atoms with Crippen LogP contribution in [0, 0.1) is 13.8 Å². The number of aryl methyl sites for hydroxylation is 2. The quantitative estimate of drug-likeness (QED) is 0.262. The van der Waals surface area contributed by atoms with Gasteiger partial charge in [-0.15, -0.1) is 0 Å². The Bertz CT molecular complexity index is 1000. The summed E-state index contributed by atoms with van der Waals surface area (Å²) in [5, 5.41) is 0. The largest absolute Gasteiger partial charge is 0.345 e. The van der Waals surface area contributed by atoms with Crippen LogP contribution in [0.2, 0.25) is 0 Å². The molecule has 0 amide bonds. The van der Waals surface area contributed by atoms with Crippen molar-refractivity contribution >= 4 is 22.7 Å². The Hall–Kier alpha value is -3.52. The second-order valence-electron chi connectivity index (χ2n) is 7.88. The SMILES string of the molecule is CC.CC.CC.CC.Cc1ccc(N(C)c2ccc(-c3ccc(N(C)c4ccc(C)cc4)cc3)cc2)cc1. The fourth-order valence-corrected chi connectivity index (χ4v) is 3.59. The van der Waals surface area contributed by atoms with E-state index in [4.69, 9.17) is 0 Å². The third kappa shape index (κ3) is 10.1. The Morgan fingerprint density at radius 1 is 0.316 bits per heavy atom. The summed E-state index contributed by atoms with van der Waals surface area (Å²) in [5.74, 6) is 0. The van der Waals surface area contributed by atoms with E-state index in [1.165, 1.54) is 45.0 Å². The predicted molar refractivity (Wildman–Crippen MR) is 176 cm³/mol. The molecule has 38 heavy (non-hydrogen) atoms. The minimum absolute atomic E-state index is 1.18. The number of rotatable bonds is 5. The first kappa shape index (κ1) is 34.5. The van der Waals surface area contributed by atoms with Gasteiger partial charge < -0.3 is 9.80 Å². The molecule has 0 spiro atoms. The van der Waals surface area contributed by atoms with Crippen LogP contribution in [0.5, 0.6) is 0 Å². The van der Waals surface area contributed by atoms with E-state index >= 15 is 0 Å². The standard InChI is InChI=1S/C28H28N2.4C2H6/c1-21-5-13-25(14-6-21)29(3)27-17-9-23(10-18-27)24-11-19-28(20-12-24)30(4)26-15-7-22(2)8-16-26;4*1-2/h5-20H,1-4H3;4*1-2H3. The minimum Gasteiger partial charge on any atom is -0.345 e. The Kier molecular flexibility index (Phi) is 17.8. The topological polar surface area (TPSA) is 6.48 Å². The van der Waals surface area contributed by atoms with E-state index in [0.717, 1.165) is 0 Å². The monoisotopic (exact) mass is 512 g/mol. The van der Waals surface area contributed by atoms with Crippen LogP contribution in [-0.2, 0) is 0 Å². The third-order valence-corrected chi connectivity index (χ3v) is 5.69. The maximum absolute atomic E-state index is 2.21. The van der Waals surface area contributed by atoms with E-state index in [0.29, 0.717) is 0 Å². The lowest BCUT2D eigenvalue weighted by atomic mass is 10.0. The highest BCUT2D eigenvalue weighted by Crippen LogP contribution is 2.30. The molecule has 0 fully saturated rings. The summed E-state index contributed by atoms with van der Waals surface area (Å²) in [6, 6.07) is 34.7. The Labute approximate surface area is 235 Å². The summed E-state index contributed by atoms with van der Waals surface area (Å²) in [7, 11) is 4.21. The molecule has 4 aromatic rings. The van der Waals surface area contributed by atoms with E-state index in [-0.39, 0.29) is 0 Å². The fourth-order valence-electron chi connectivity index (χ4n) is 3.59. The van der Waals surface area contributed by atoms with Crippen LogP contribution in [0.15, 0.2) is 97.1 Å². The molecule has 0 aliphatic carbocycles. The number of benzene rings is 4. The Morgan fingerprint density at radius 2 is 0.500 bits per heavy atom. The Morgan fingerprint density at radius 3 is 0.711 bits per heavy atom. The van der Waals surface area contributed by atoms with Crippen LogP contribution in [-0.4, -0.2) is 14.1 Å². The van der Waals surface area contributed by atoms with Gasteiger partial charge in [0, 0.05) is 36.8 Å². The Balaban J connectivity index is 0.00000157. The second kappa shape index (κ2) is 19.6. The van der Waals surface area contributed by atoms with Gasteiger partial charge in [-0.1, -0.05) is 115 Å². The number of hydrogen-bond donors (Lipinski definition) is 0. The first-order valence-electron chi connectivity index (χ1n) is 14.3. The highest BCUT2D eigenvalue weighted by Gasteiger charge is 2.07. The summed E-state index contributed by atoms with van der Waals surface area (Å²) in [5.41, 5.74) is 9.74. The molecule has 0 atom stereocenters. The van der Waals surface area contributed by atoms with Gasteiger partial charge in [-0.25, -0.2) is 0 Å². The van der Waals surface area contributed by atoms with Crippen LogP contribution in [0.4, 0.5) is 22.7 Å². The molecule has 0 N–H and O–H groups in total. The highest BCUT2D eigenvalue weighted by atomic mass is 15.1. The molecule has 206 valence electrons. The van der Waals surface area contributed by atoms with Gasteiger partial charge in [0.2, 0.25) is 0 Å². The van der Waals surface area contributed by atoms with Crippen molar-refractivity contribution in [3.8, 4) is 11.1 Å². The zero-order chi connectivity index (χ0) is 29.1. The number of nitrogens with zero attached hydrogens (tertiary/aromatic N) is 2. The molecular formula is C36H52N2. The van der Waals surface area contributed by atoms with Crippen LogP contribution in [0.1, 0.15) is 66.5 Å². The zero-order valence-corrected chi connectivity index (χ0v) is 26.1. The van der Waals surface area contributed by atoms with Gasteiger partial charge in [-0.2, -0.15) is 0 Å². The van der Waals surface area contributed by atoms with Crippen molar-refractivity contribution < 1.29 is 0 Å². The molecule has 0 aliphatic heterocycles. The van der Waals surface area contributed by atoms with Gasteiger partial charge >= 0.3 is 0 Å². The molecule has 4 rings (SSSR count). The van der Waals surface area contributed by atoms with Gasteiger partial charge in [0.05, 0.1) is 0 Å². The van der Waals surface area contributed by atoms with Crippen molar-refractivity contribution in [1.29, 1.82) is 0 Å². The first-order valence-corrected chi connectivity index (χ1v) is 14.3. The van der Waals surface area contributed by atoms with Crippen LogP contribution >= 0.6 is 0 Å². The van der Waals surface area contributed by atoms with Crippen LogP contribution in [0.3, 0.4) is 0 Å². The average molecular weight is 513 g/mol. The van der Waals surface area contributed by atoms with Crippen LogP contribution < -0.4 is 9.80 Å². The van der Waals surface area contributed by atoms with E-state index < -0.39 is 0 Å². The van der Waals surface area contributed by atoms with E-state index in [1.54, 1.807) is 0 Å². The molecule has 0 heterocycles. The average Bonchev–Trinajstić information content (AvgIpc) is 3.01. The molecule has 0 saturated carbocycles. The van der Waals surface area contributed by atoms with Gasteiger partial charge in [0.1, 0.15) is 0 Å². The van der Waals surface area contributed by atoms with Crippen LogP contribution in [0.25, 0.3) is 11.1 Å². The molecule has 0 aromatic heterocycles. The smallest absolute Gasteiger partial charge is 0.0408 e. The molecule has 0 aliphatic rings. The van der Waals surface area contributed by atoms with Crippen molar-refractivity contribution in [2.75, 3.05) is 23.9 Å². The molecule has 0 unspecified atom stereocenters. The van der Waals surface area contributed by atoms with Gasteiger partial charge in [0.15, 0.2) is 0 Å². The lowest BCUT2D eigenvalue weighted by Crippen LogP contribution is -2.09. The lowest BCUT2D eigenvalue weighted by molar-refractivity contribution is 1.20. The molecule has 0 radical (unpaired) electrons. The normalized spacial score (nSPS) is 9.05. The predicted octanol–water partition coefficient (Wildman–Crippen LogP) is 11.6. The molecule has 0 bridgehead atoms. The van der Waals surface area contributed by atoms with Crippen molar-refractivity contribution in [1.82, 2.24) is 0 Å². The maximum Gasteiger partial charge on any atom is 0.0408 e. The zero-order valence-electron chi connectivity index (χ0n) is 26.1. The summed E-state index contributed by atoms with van der Waals surface area (Å²) < 4.78 is 0. The van der Waals surface area contributed by atoms with Gasteiger partial charge in [-0.05, 0) is 73.5 Å². The summed E-state index contributed by atoms with van der Waals surface area (Å²) in [6.45, 7) is 20.2. The number of anilines is 4. The van der Waals surface area contributed by atoms with Crippen molar-refractivity contribution in [2.45, 2.75) is 69.2 Å². The fraction of sp³-hybridized carbons (Fsp3) is 0.333. The molecule has 2 nitrogen and oxygen atoms in total. The van der Waals surface area contributed by atoms with E-state index in [2.05, 4.69) is 135 Å². The van der Waals surface area contributed by atoms with Crippen molar-refractivity contribution in [3.05, 3.63) is 108 Å². The molecular weight excluding hydrogens is 460 g/mol. The molecule has 4 aromatic carbocycles. The minimum atomic E-state index is 1.18. The van der Waals surface area contributed by atoms with Crippen molar-refractivity contribution in [2.24, 2.45) is 0 Å². The summed E-state index contributed by atoms with van der Waals surface area (Å²) >= 11 is 0. The van der Waals surface area contributed by atoms with E-state index in [1.807, 2.05) is 55.4 Å². The second-order valence-corrected chi connectivity index (χ2v) is 7.88. The van der Waals surface area contributed by atoms with Gasteiger partial charge in [-0.3, -0.25) is 0 Å². The van der Waals surface area contributed by atoms with Gasteiger partial charge in [0.25, 0.3) is 0 Å². The first-order chi connectivity index (χ1) is 18.5. The summed E-state index contributed by atoms with van der Waals surface area (Å²) in [4.78, 5) is 4.42. The maximum atomic E-state index is 2.21. The summed E-state index contributed by atoms with van der Waals surface area (Å²) in [6.07, 6.45) is 0. The lowest BCUT2D eigenvalue weighted by Gasteiger charge is -2.21. The highest BCUT2D eigenvalue weighted by molar-refractivity contribution is 5.72. The molecule has 0 saturated heterocycles. The van der Waals surface area contributed by atoms with E-state index in [9.17, 15) is 0 Å². The van der Waals surface area contributed by atoms with Crippen molar-refractivity contribution in [3.63, 3.8) is 0 Å².